The Bertz CT molecular complexity index is 873. The molecule has 1 aliphatic heterocycles. The Hall–Kier alpha value is -2.30. The summed E-state index contributed by atoms with van der Waals surface area (Å²) in [6, 6.07) is 15.8. The first kappa shape index (κ1) is 16.2. The molecule has 25 heavy (non-hydrogen) atoms. The van der Waals surface area contributed by atoms with Crippen LogP contribution in [0.4, 0.5) is 0 Å². The SMILES string of the molecule is CN1CCc2[nH]nc(-c3cccc(OCc4ccc(Cl)cc4)c3)c2C1. The number of fused-ring (bicyclic) bond motifs is 1. The van der Waals surface area contributed by atoms with E-state index < -0.39 is 0 Å². The summed E-state index contributed by atoms with van der Waals surface area (Å²) in [5.41, 5.74) is 5.75. The highest BCUT2D eigenvalue weighted by atomic mass is 35.5. The van der Waals surface area contributed by atoms with Crippen LogP contribution in [0.15, 0.2) is 48.5 Å². The van der Waals surface area contributed by atoms with Gasteiger partial charge in [-0.25, -0.2) is 0 Å². The van der Waals surface area contributed by atoms with Gasteiger partial charge in [-0.3, -0.25) is 5.10 Å². The molecule has 4 nitrogen and oxygen atoms in total. The molecule has 2 heterocycles. The molecule has 0 fully saturated rings. The number of nitrogens with one attached hydrogen (secondary N) is 1. The molecule has 0 unspecified atom stereocenters. The summed E-state index contributed by atoms with van der Waals surface area (Å²) in [5, 5.41) is 8.48. The minimum Gasteiger partial charge on any atom is -0.489 e. The zero-order valence-electron chi connectivity index (χ0n) is 14.1. The number of hydrogen-bond acceptors (Lipinski definition) is 3. The lowest BCUT2D eigenvalue weighted by atomic mass is 10.0. The molecule has 2 aromatic carbocycles. The van der Waals surface area contributed by atoms with Gasteiger partial charge in [-0.05, 0) is 36.9 Å². The molecule has 0 saturated carbocycles. The molecule has 0 spiro atoms. The van der Waals surface area contributed by atoms with E-state index in [0.29, 0.717) is 6.61 Å². The molecule has 1 aromatic heterocycles. The third-order valence-electron chi connectivity index (χ3n) is 4.55. The van der Waals surface area contributed by atoms with Gasteiger partial charge < -0.3 is 9.64 Å². The maximum absolute atomic E-state index is 5.94. The van der Waals surface area contributed by atoms with Gasteiger partial charge in [0.2, 0.25) is 0 Å². The number of hydrogen-bond donors (Lipinski definition) is 1. The van der Waals surface area contributed by atoms with Crippen molar-refractivity contribution in [1.82, 2.24) is 15.1 Å². The summed E-state index contributed by atoms with van der Waals surface area (Å²) in [7, 11) is 2.14. The van der Waals surface area contributed by atoms with Crippen molar-refractivity contribution in [3.05, 3.63) is 70.4 Å². The molecular weight excluding hydrogens is 334 g/mol. The van der Waals surface area contributed by atoms with Crippen molar-refractivity contribution in [2.24, 2.45) is 0 Å². The quantitative estimate of drug-likeness (QED) is 0.760. The molecular formula is C20H20ClN3O. The molecule has 1 aliphatic rings. The number of rotatable bonds is 4. The van der Waals surface area contributed by atoms with Crippen LogP contribution in [0, 0.1) is 0 Å². The van der Waals surface area contributed by atoms with Crippen LogP contribution >= 0.6 is 11.6 Å². The molecule has 0 bridgehead atoms. The van der Waals surface area contributed by atoms with E-state index >= 15 is 0 Å². The number of halogens is 1. The number of nitrogens with zero attached hydrogens (tertiary/aromatic N) is 2. The van der Waals surface area contributed by atoms with Gasteiger partial charge in [0.15, 0.2) is 0 Å². The van der Waals surface area contributed by atoms with E-state index in [1.807, 2.05) is 36.4 Å². The smallest absolute Gasteiger partial charge is 0.120 e. The number of ether oxygens (including phenoxy) is 1. The predicted molar refractivity (Wildman–Crippen MR) is 99.8 cm³/mol. The van der Waals surface area contributed by atoms with Gasteiger partial charge in [0.1, 0.15) is 12.4 Å². The second-order valence-electron chi connectivity index (χ2n) is 6.46. The van der Waals surface area contributed by atoms with Gasteiger partial charge in [0.05, 0.1) is 5.69 Å². The van der Waals surface area contributed by atoms with E-state index in [1.165, 1.54) is 11.3 Å². The van der Waals surface area contributed by atoms with Gasteiger partial charge in [-0.15, -0.1) is 0 Å². The third-order valence-corrected chi connectivity index (χ3v) is 4.80. The van der Waals surface area contributed by atoms with Crippen molar-refractivity contribution in [2.45, 2.75) is 19.6 Å². The zero-order chi connectivity index (χ0) is 17.2. The lowest BCUT2D eigenvalue weighted by Gasteiger charge is -2.22. The first-order valence-electron chi connectivity index (χ1n) is 8.41. The number of H-pyrrole nitrogens is 1. The minimum absolute atomic E-state index is 0.516. The summed E-state index contributed by atoms with van der Waals surface area (Å²) >= 11 is 5.92. The van der Waals surface area contributed by atoms with E-state index in [2.05, 4.69) is 34.3 Å². The zero-order valence-corrected chi connectivity index (χ0v) is 14.9. The third kappa shape index (κ3) is 3.55. The van der Waals surface area contributed by atoms with Crippen molar-refractivity contribution in [2.75, 3.05) is 13.6 Å². The predicted octanol–water partition coefficient (Wildman–Crippen LogP) is 4.30. The van der Waals surface area contributed by atoms with Crippen LogP contribution in [0.3, 0.4) is 0 Å². The van der Waals surface area contributed by atoms with E-state index in [0.717, 1.165) is 47.1 Å². The van der Waals surface area contributed by atoms with E-state index in [-0.39, 0.29) is 0 Å². The summed E-state index contributed by atoms with van der Waals surface area (Å²) in [5.74, 6) is 0.841. The molecule has 0 amide bonds. The maximum atomic E-state index is 5.94. The highest BCUT2D eigenvalue weighted by Crippen LogP contribution is 2.30. The Morgan fingerprint density at radius 3 is 2.88 bits per heavy atom. The molecule has 5 heteroatoms. The standard InChI is InChI=1S/C20H20ClN3O/c1-24-10-9-19-18(12-24)20(23-22-19)15-3-2-4-17(11-15)25-13-14-5-7-16(21)8-6-14/h2-8,11H,9-10,12-13H2,1H3,(H,22,23). The monoisotopic (exact) mass is 353 g/mol. The van der Waals surface area contributed by atoms with Crippen LogP contribution in [0.2, 0.25) is 5.02 Å². The Morgan fingerprint density at radius 1 is 1.20 bits per heavy atom. The molecule has 128 valence electrons. The first-order valence-corrected chi connectivity index (χ1v) is 8.79. The lowest BCUT2D eigenvalue weighted by Crippen LogP contribution is -2.26. The van der Waals surface area contributed by atoms with Crippen molar-refractivity contribution in [3.63, 3.8) is 0 Å². The molecule has 0 radical (unpaired) electrons. The summed E-state index contributed by atoms with van der Waals surface area (Å²) in [6.07, 6.45) is 1.02. The van der Waals surface area contributed by atoms with Crippen LogP contribution in [0.1, 0.15) is 16.8 Å². The van der Waals surface area contributed by atoms with Crippen molar-refractivity contribution >= 4 is 11.6 Å². The van der Waals surface area contributed by atoms with Crippen LogP contribution in [0.25, 0.3) is 11.3 Å². The summed E-state index contributed by atoms with van der Waals surface area (Å²) in [4.78, 5) is 2.32. The molecule has 4 rings (SSSR count). The second kappa shape index (κ2) is 6.90. The lowest BCUT2D eigenvalue weighted by molar-refractivity contribution is 0.306. The summed E-state index contributed by atoms with van der Waals surface area (Å²) < 4.78 is 5.94. The van der Waals surface area contributed by atoms with E-state index in [9.17, 15) is 0 Å². The molecule has 0 saturated heterocycles. The average Bonchev–Trinajstić information content (AvgIpc) is 3.04. The van der Waals surface area contributed by atoms with Crippen LogP contribution < -0.4 is 4.74 Å². The van der Waals surface area contributed by atoms with Gasteiger partial charge in [-0.1, -0.05) is 35.9 Å². The number of benzene rings is 2. The fraction of sp³-hybridized carbons (Fsp3) is 0.250. The van der Waals surface area contributed by atoms with Gasteiger partial charge in [-0.2, -0.15) is 5.10 Å². The molecule has 0 aliphatic carbocycles. The number of aromatic nitrogens is 2. The van der Waals surface area contributed by atoms with Gasteiger partial charge in [0, 0.05) is 41.4 Å². The minimum atomic E-state index is 0.516. The Balaban J connectivity index is 1.54. The van der Waals surface area contributed by atoms with Crippen LogP contribution in [0.5, 0.6) is 5.75 Å². The fourth-order valence-electron chi connectivity index (χ4n) is 3.15. The van der Waals surface area contributed by atoms with Crippen LogP contribution in [-0.2, 0) is 19.6 Å². The van der Waals surface area contributed by atoms with Gasteiger partial charge in [0.25, 0.3) is 0 Å². The molecule has 1 N–H and O–H groups in total. The fourth-order valence-corrected chi connectivity index (χ4v) is 3.28. The Labute approximate surface area is 152 Å². The highest BCUT2D eigenvalue weighted by Gasteiger charge is 2.20. The number of likely N-dealkylation sites (N-methyl/N-ethyl adjacent to an activating group) is 1. The molecule has 3 aromatic rings. The Morgan fingerprint density at radius 2 is 2.04 bits per heavy atom. The van der Waals surface area contributed by atoms with Crippen molar-refractivity contribution in [3.8, 4) is 17.0 Å². The highest BCUT2D eigenvalue weighted by molar-refractivity contribution is 6.30. The normalized spacial score (nSPS) is 14.3. The first-order chi connectivity index (χ1) is 12.2. The largest absolute Gasteiger partial charge is 0.489 e. The van der Waals surface area contributed by atoms with Gasteiger partial charge >= 0.3 is 0 Å². The summed E-state index contributed by atoms with van der Waals surface area (Å²) in [6.45, 7) is 2.51. The van der Waals surface area contributed by atoms with Crippen LogP contribution in [-0.4, -0.2) is 28.7 Å². The van der Waals surface area contributed by atoms with Crippen molar-refractivity contribution < 1.29 is 4.74 Å². The van der Waals surface area contributed by atoms with E-state index in [4.69, 9.17) is 16.3 Å². The van der Waals surface area contributed by atoms with Crippen molar-refractivity contribution in [1.29, 1.82) is 0 Å². The maximum Gasteiger partial charge on any atom is 0.120 e. The molecule has 0 atom stereocenters. The Kier molecular flexibility index (Phi) is 4.47. The number of aromatic amines is 1. The second-order valence-corrected chi connectivity index (χ2v) is 6.90. The topological polar surface area (TPSA) is 41.2 Å². The average molecular weight is 354 g/mol. The van der Waals surface area contributed by atoms with E-state index in [1.54, 1.807) is 0 Å².